The molecule has 0 aromatic heterocycles. The van der Waals surface area contributed by atoms with Crippen LogP contribution in [0.1, 0.15) is 25.8 Å². The molecule has 0 bridgehead atoms. The summed E-state index contributed by atoms with van der Waals surface area (Å²) in [7, 11) is 0. The van der Waals surface area contributed by atoms with Crippen molar-refractivity contribution in [1.29, 1.82) is 0 Å². The lowest BCUT2D eigenvalue weighted by Gasteiger charge is -2.27. The molecule has 106 valence electrons. The fraction of sp³-hybridized carbons (Fsp3) is 0.462. The Morgan fingerprint density at radius 2 is 1.95 bits per heavy atom. The van der Waals surface area contributed by atoms with E-state index < -0.39 is 23.4 Å². The average Bonchev–Trinajstić information content (AvgIpc) is 2.38. The van der Waals surface area contributed by atoms with Gasteiger partial charge in [-0.05, 0) is 32.4 Å². The average molecular weight is 284 g/mol. The Morgan fingerprint density at radius 1 is 1.42 bits per heavy atom. The van der Waals surface area contributed by atoms with Gasteiger partial charge >= 0.3 is 0 Å². The number of aryl methyl sites for hydroxylation is 1. The molecule has 6 heteroatoms. The SMILES string of the molecule is CCC(N)C(=O)C(C)N(c1ccc(C)cc1)S(=O)O. The molecule has 0 heterocycles. The molecule has 1 rings (SSSR count). The van der Waals surface area contributed by atoms with Crippen molar-refractivity contribution in [2.75, 3.05) is 4.31 Å². The topological polar surface area (TPSA) is 83.6 Å². The van der Waals surface area contributed by atoms with Crippen molar-refractivity contribution in [2.45, 2.75) is 39.3 Å². The fourth-order valence-electron chi connectivity index (χ4n) is 1.77. The minimum atomic E-state index is -2.27. The van der Waals surface area contributed by atoms with Gasteiger partial charge in [0.1, 0.15) is 6.04 Å². The molecular weight excluding hydrogens is 264 g/mol. The Kier molecular flexibility index (Phi) is 5.65. The van der Waals surface area contributed by atoms with E-state index in [1.807, 2.05) is 19.1 Å². The molecule has 3 atom stereocenters. The maximum Gasteiger partial charge on any atom is 0.262 e. The molecule has 1 aromatic carbocycles. The molecule has 0 saturated carbocycles. The third-order valence-electron chi connectivity index (χ3n) is 3.03. The highest BCUT2D eigenvalue weighted by Crippen LogP contribution is 2.20. The number of ketones is 1. The lowest BCUT2D eigenvalue weighted by molar-refractivity contribution is -0.121. The summed E-state index contributed by atoms with van der Waals surface area (Å²) in [6.07, 6.45) is 0.503. The van der Waals surface area contributed by atoms with E-state index in [9.17, 15) is 13.6 Å². The molecule has 3 unspecified atom stereocenters. The second-order valence-corrected chi connectivity index (χ2v) is 5.34. The molecule has 3 N–H and O–H groups in total. The maximum absolute atomic E-state index is 12.0. The van der Waals surface area contributed by atoms with Gasteiger partial charge in [0.05, 0.1) is 11.7 Å². The number of benzene rings is 1. The summed E-state index contributed by atoms with van der Waals surface area (Å²) >= 11 is -2.27. The van der Waals surface area contributed by atoms with Crippen LogP contribution in [0, 0.1) is 6.92 Å². The predicted octanol–water partition coefficient (Wildman–Crippen LogP) is 1.63. The third-order valence-corrected chi connectivity index (χ3v) is 3.89. The van der Waals surface area contributed by atoms with Crippen LogP contribution in [0.2, 0.25) is 0 Å². The Morgan fingerprint density at radius 3 is 2.37 bits per heavy atom. The largest absolute Gasteiger partial charge is 0.321 e. The monoisotopic (exact) mass is 284 g/mol. The van der Waals surface area contributed by atoms with Crippen LogP contribution < -0.4 is 10.0 Å². The van der Waals surface area contributed by atoms with Gasteiger partial charge in [-0.25, -0.2) is 4.21 Å². The maximum atomic E-state index is 12.0. The molecule has 0 fully saturated rings. The standard InChI is InChI=1S/C13H20N2O3S/c1-4-12(14)13(16)10(3)15(19(17)18)11-7-5-9(2)6-8-11/h5-8,10,12H,4,14H2,1-3H3,(H,17,18). The van der Waals surface area contributed by atoms with Gasteiger partial charge in [0.25, 0.3) is 11.3 Å². The molecule has 0 aliphatic heterocycles. The van der Waals surface area contributed by atoms with Crippen LogP contribution in [-0.2, 0) is 16.1 Å². The number of nitrogens with two attached hydrogens (primary N) is 1. The number of nitrogens with zero attached hydrogens (tertiary/aromatic N) is 1. The summed E-state index contributed by atoms with van der Waals surface area (Å²) in [5, 5.41) is 0. The van der Waals surface area contributed by atoms with Crippen molar-refractivity contribution in [3.8, 4) is 0 Å². The number of rotatable bonds is 6. The first kappa shape index (κ1) is 15.8. The van der Waals surface area contributed by atoms with E-state index in [2.05, 4.69) is 0 Å². The molecule has 19 heavy (non-hydrogen) atoms. The molecule has 0 amide bonds. The Bertz CT molecular complexity index is 461. The smallest absolute Gasteiger partial charge is 0.262 e. The van der Waals surface area contributed by atoms with Gasteiger partial charge in [0.2, 0.25) is 0 Å². The number of hydrogen-bond acceptors (Lipinski definition) is 3. The summed E-state index contributed by atoms with van der Waals surface area (Å²) in [6, 6.07) is 5.71. The first-order valence-electron chi connectivity index (χ1n) is 6.14. The molecule has 0 aliphatic rings. The van der Waals surface area contributed by atoms with Crippen molar-refractivity contribution >= 4 is 22.7 Å². The molecule has 0 saturated heterocycles. The molecule has 1 aromatic rings. The summed E-state index contributed by atoms with van der Waals surface area (Å²) < 4.78 is 22.1. The quantitative estimate of drug-likeness (QED) is 0.778. The number of hydrogen-bond donors (Lipinski definition) is 2. The van der Waals surface area contributed by atoms with E-state index in [-0.39, 0.29) is 5.78 Å². The van der Waals surface area contributed by atoms with Gasteiger partial charge < -0.3 is 5.73 Å². The minimum Gasteiger partial charge on any atom is -0.321 e. The van der Waals surface area contributed by atoms with E-state index in [1.165, 1.54) is 0 Å². The molecular formula is C13H20N2O3S. The third kappa shape index (κ3) is 3.86. The van der Waals surface area contributed by atoms with E-state index in [1.54, 1.807) is 26.0 Å². The van der Waals surface area contributed by atoms with Crippen molar-refractivity contribution < 1.29 is 13.6 Å². The zero-order valence-electron chi connectivity index (χ0n) is 11.4. The zero-order valence-corrected chi connectivity index (χ0v) is 12.2. The summed E-state index contributed by atoms with van der Waals surface area (Å²) in [5.41, 5.74) is 7.26. The van der Waals surface area contributed by atoms with Gasteiger partial charge in [-0.1, -0.05) is 24.6 Å². The van der Waals surface area contributed by atoms with Gasteiger partial charge in [0.15, 0.2) is 5.78 Å². The van der Waals surface area contributed by atoms with Crippen LogP contribution in [0.25, 0.3) is 0 Å². The lowest BCUT2D eigenvalue weighted by Crippen LogP contribution is -2.47. The summed E-state index contributed by atoms with van der Waals surface area (Å²) in [5.74, 6) is -0.245. The molecule has 0 radical (unpaired) electrons. The van der Waals surface area contributed by atoms with Crippen LogP contribution >= 0.6 is 0 Å². The van der Waals surface area contributed by atoms with Crippen molar-refractivity contribution in [3.63, 3.8) is 0 Å². The highest BCUT2D eigenvalue weighted by Gasteiger charge is 2.28. The summed E-state index contributed by atoms with van der Waals surface area (Å²) in [6.45, 7) is 5.32. The number of Topliss-reactive ketones (excluding diaryl/α,β-unsaturated/α-hetero) is 1. The van der Waals surface area contributed by atoms with E-state index >= 15 is 0 Å². The minimum absolute atomic E-state index is 0.245. The summed E-state index contributed by atoms with van der Waals surface area (Å²) in [4.78, 5) is 12.0. The highest BCUT2D eigenvalue weighted by molar-refractivity contribution is 7.80. The Balaban J connectivity index is 3.04. The first-order chi connectivity index (χ1) is 8.88. The number of anilines is 1. The zero-order chi connectivity index (χ0) is 14.6. The van der Waals surface area contributed by atoms with E-state index in [4.69, 9.17) is 5.73 Å². The van der Waals surface area contributed by atoms with Crippen LogP contribution in [0.3, 0.4) is 0 Å². The second kappa shape index (κ2) is 6.79. The molecule has 5 nitrogen and oxygen atoms in total. The van der Waals surface area contributed by atoms with Gasteiger partial charge in [-0.3, -0.25) is 13.7 Å². The Labute approximate surface area is 116 Å². The van der Waals surface area contributed by atoms with Crippen LogP contribution in [0.15, 0.2) is 24.3 Å². The predicted molar refractivity (Wildman–Crippen MR) is 77.2 cm³/mol. The van der Waals surface area contributed by atoms with Crippen LogP contribution in [0.4, 0.5) is 5.69 Å². The first-order valence-corrected chi connectivity index (χ1v) is 7.21. The number of carbonyl (C=O) groups is 1. The van der Waals surface area contributed by atoms with Gasteiger partial charge in [-0.15, -0.1) is 0 Å². The molecule has 0 spiro atoms. The highest BCUT2D eigenvalue weighted by atomic mass is 32.2. The van der Waals surface area contributed by atoms with E-state index in [0.717, 1.165) is 9.87 Å². The van der Waals surface area contributed by atoms with Crippen LogP contribution in [0.5, 0.6) is 0 Å². The fourth-order valence-corrected chi connectivity index (χ4v) is 2.44. The van der Waals surface area contributed by atoms with Gasteiger partial charge in [-0.2, -0.15) is 0 Å². The normalized spacial score (nSPS) is 15.6. The molecule has 0 aliphatic carbocycles. The Hall–Kier alpha value is -1.24. The lowest BCUT2D eigenvalue weighted by atomic mass is 10.0. The number of carbonyl (C=O) groups excluding carboxylic acids is 1. The van der Waals surface area contributed by atoms with Crippen molar-refractivity contribution in [3.05, 3.63) is 29.8 Å². The van der Waals surface area contributed by atoms with Crippen molar-refractivity contribution in [2.24, 2.45) is 5.73 Å². The van der Waals surface area contributed by atoms with E-state index in [0.29, 0.717) is 12.1 Å². The second-order valence-electron chi connectivity index (χ2n) is 4.49. The van der Waals surface area contributed by atoms with Crippen molar-refractivity contribution in [1.82, 2.24) is 0 Å². The van der Waals surface area contributed by atoms with Gasteiger partial charge in [0, 0.05) is 0 Å². The van der Waals surface area contributed by atoms with Crippen LogP contribution in [-0.4, -0.2) is 26.6 Å².